The van der Waals surface area contributed by atoms with E-state index < -0.39 is 11.7 Å². The molecular weight excluding hydrogens is 344 g/mol. The molecule has 136 valence electrons. The first-order chi connectivity index (χ1) is 12.9. The summed E-state index contributed by atoms with van der Waals surface area (Å²) < 4.78 is 10.7. The van der Waals surface area contributed by atoms with E-state index in [9.17, 15) is 14.9 Å². The van der Waals surface area contributed by atoms with E-state index in [-0.39, 0.29) is 16.9 Å². The van der Waals surface area contributed by atoms with E-state index in [0.717, 1.165) is 11.1 Å². The molecule has 0 atom stereocenters. The molecule has 0 aliphatic rings. The molecule has 6 heteroatoms. The number of carbonyl (C=O) groups is 1. The highest BCUT2D eigenvalue weighted by Gasteiger charge is 2.17. The second-order valence-electron chi connectivity index (χ2n) is 6.37. The van der Waals surface area contributed by atoms with Crippen LogP contribution in [0.3, 0.4) is 0 Å². The Morgan fingerprint density at radius 3 is 2.56 bits per heavy atom. The topological polar surface area (TPSA) is 83.5 Å². The molecule has 0 unspecified atom stereocenters. The van der Waals surface area contributed by atoms with Gasteiger partial charge in [0, 0.05) is 37.5 Å². The van der Waals surface area contributed by atoms with Crippen LogP contribution in [0.4, 0.5) is 4.79 Å². The Labute approximate surface area is 156 Å². The molecule has 1 amide bonds. The minimum Gasteiger partial charge on any atom is -0.422 e. The SMILES string of the molecule is Cc1c(Cc2ccccc2)c(=O)oc2cc(OC(=O)N(C)C)c(C#N)cc12. The van der Waals surface area contributed by atoms with Crippen molar-refractivity contribution in [2.45, 2.75) is 13.3 Å². The molecule has 3 aromatic rings. The standard InChI is InChI=1S/C21H18N2O4/c1-13-16-10-15(12-22)18(27-21(25)23(2)3)11-19(16)26-20(24)17(13)9-14-7-5-4-6-8-14/h4-8,10-11H,9H2,1-3H3. The number of hydrogen-bond acceptors (Lipinski definition) is 5. The zero-order valence-corrected chi connectivity index (χ0v) is 15.3. The van der Waals surface area contributed by atoms with Gasteiger partial charge in [-0.2, -0.15) is 5.26 Å². The second kappa shape index (κ2) is 7.34. The summed E-state index contributed by atoms with van der Waals surface area (Å²) in [6.45, 7) is 1.82. The van der Waals surface area contributed by atoms with E-state index >= 15 is 0 Å². The Bertz CT molecular complexity index is 1110. The summed E-state index contributed by atoms with van der Waals surface area (Å²) in [5.41, 5.74) is 2.29. The Morgan fingerprint density at radius 2 is 1.93 bits per heavy atom. The van der Waals surface area contributed by atoms with Crippen LogP contribution in [0, 0.1) is 18.3 Å². The van der Waals surface area contributed by atoms with Gasteiger partial charge in [-0.25, -0.2) is 9.59 Å². The lowest BCUT2D eigenvalue weighted by Crippen LogP contribution is -2.25. The van der Waals surface area contributed by atoms with Crippen molar-refractivity contribution in [2.24, 2.45) is 0 Å². The monoisotopic (exact) mass is 362 g/mol. The van der Waals surface area contributed by atoms with E-state index in [0.29, 0.717) is 17.4 Å². The minimum atomic E-state index is -0.620. The van der Waals surface area contributed by atoms with Crippen molar-refractivity contribution in [3.63, 3.8) is 0 Å². The highest BCUT2D eigenvalue weighted by atomic mass is 16.6. The van der Waals surface area contributed by atoms with Crippen molar-refractivity contribution in [1.82, 2.24) is 4.90 Å². The molecule has 0 radical (unpaired) electrons. The van der Waals surface area contributed by atoms with Crippen molar-refractivity contribution in [1.29, 1.82) is 5.26 Å². The van der Waals surface area contributed by atoms with Crippen molar-refractivity contribution >= 4 is 17.1 Å². The second-order valence-corrected chi connectivity index (χ2v) is 6.37. The average Bonchev–Trinajstić information content (AvgIpc) is 2.65. The predicted molar refractivity (Wildman–Crippen MR) is 101 cm³/mol. The average molecular weight is 362 g/mol. The number of nitrogens with zero attached hydrogens (tertiary/aromatic N) is 2. The summed E-state index contributed by atoms with van der Waals surface area (Å²) in [5.74, 6) is 0.0575. The van der Waals surface area contributed by atoms with Crippen molar-refractivity contribution in [3.05, 3.63) is 75.1 Å². The first-order valence-electron chi connectivity index (χ1n) is 8.34. The Morgan fingerprint density at radius 1 is 1.22 bits per heavy atom. The third-order valence-electron chi connectivity index (χ3n) is 4.29. The van der Waals surface area contributed by atoms with Gasteiger partial charge in [-0.15, -0.1) is 0 Å². The highest BCUT2D eigenvalue weighted by molar-refractivity contribution is 5.85. The molecule has 1 heterocycles. The van der Waals surface area contributed by atoms with Crippen LogP contribution in [-0.4, -0.2) is 25.1 Å². The van der Waals surface area contributed by atoms with Gasteiger partial charge in [-0.05, 0) is 24.1 Å². The summed E-state index contributed by atoms with van der Waals surface area (Å²) in [4.78, 5) is 25.6. The normalized spacial score (nSPS) is 10.4. The van der Waals surface area contributed by atoms with Crippen LogP contribution in [0.2, 0.25) is 0 Å². The third kappa shape index (κ3) is 3.67. The van der Waals surface area contributed by atoms with Crippen LogP contribution < -0.4 is 10.4 Å². The van der Waals surface area contributed by atoms with Gasteiger partial charge in [0.05, 0.1) is 5.56 Å². The van der Waals surface area contributed by atoms with Gasteiger partial charge < -0.3 is 14.1 Å². The largest absolute Gasteiger partial charge is 0.422 e. The van der Waals surface area contributed by atoms with E-state index in [4.69, 9.17) is 9.15 Å². The van der Waals surface area contributed by atoms with Gasteiger partial charge >= 0.3 is 11.7 Å². The number of hydrogen-bond donors (Lipinski definition) is 0. The molecule has 2 aromatic carbocycles. The molecule has 0 fully saturated rings. The lowest BCUT2D eigenvalue weighted by atomic mass is 9.98. The van der Waals surface area contributed by atoms with Crippen molar-refractivity contribution < 1.29 is 13.9 Å². The maximum atomic E-state index is 12.5. The van der Waals surface area contributed by atoms with Crippen LogP contribution in [0.5, 0.6) is 5.75 Å². The maximum Gasteiger partial charge on any atom is 0.414 e. The Kier molecular flexibility index (Phi) is 4.95. The fourth-order valence-electron chi connectivity index (χ4n) is 2.78. The van der Waals surface area contributed by atoms with Gasteiger partial charge in [0.15, 0.2) is 5.75 Å². The summed E-state index contributed by atoms with van der Waals surface area (Å²) >= 11 is 0. The number of carbonyl (C=O) groups excluding carboxylic acids is 1. The first kappa shape index (κ1) is 18.2. The van der Waals surface area contributed by atoms with E-state index in [2.05, 4.69) is 0 Å². The number of fused-ring (bicyclic) bond motifs is 1. The molecule has 0 aliphatic heterocycles. The molecule has 27 heavy (non-hydrogen) atoms. The molecule has 0 N–H and O–H groups in total. The minimum absolute atomic E-state index is 0.0575. The lowest BCUT2D eigenvalue weighted by Gasteiger charge is -2.13. The molecule has 0 bridgehead atoms. The first-order valence-corrected chi connectivity index (χ1v) is 8.34. The smallest absolute Gasteiger partial charge is 0.414 e. The molecule has 0 spiro atoms. The maximum absolute atomic E-state index is 12.5. The number of rotatable bonds is 3. The van der Waals surface area contributed by atoms with Crippen LogP contribution in [0.15, 0.2) is 51.7 Å². The summed E-state index contributed by atoms with van der Waals surface area (Å²) in [6.07, 6.45) is -0.185. The number of nitriles is 1. The number of ether oxygens (including phenoxy) is 1. The van der Waals surface area contributed by atoms with Gasteiger partial charge in [0.1, 0.15) is 11.7 Å². The number of amides is 1. The summed E-state index contributed by atoms with van der Waals surface area (Å²) in [7, 11) is 3.07. The van der Waals surface area contributed by atoms with Gasteiger partial charge in [-0.1, -0.05) is 30.3 Å². The summed E-state index contributed by atoms with van der Waals surface area (Å²) in [5, 5.41) is 10.1. The molecular formula is C21H18N2O4. The van der Waals surface area contributed by atoms with Gasteiger partial charge in [0.2, 0.25) is 0 Å². The molecule has 0 saturated carbocycles. The van der Waals surface area contributed by atoms with Crippen LogP contribution >= 0.6 is 0 Å². The fourth-order valence-corrected chi connectivity index (χ4v) is 2.78. The van der Waals surface area contributed by atoms with Gasteiger partial charge in [0.25, 0.3) is 0 Å². The quantitative estimate of drug-likeness (QED) is 0.665. The number of benzene rings is 2. The van der Waals surface area contributed by atoms with Crippen molar-refractivity contribution in [2.75, 3.05) is 14.1 Å². The summed E-state index contributed by atoms with van der Waals surface area (Å²) in [6, 6.07) is 14.6. The molecule has 0 saturated heterocycles. The van der Waals surface area contributed by atoms with Crippen LogP contribution in [-0.2, 0) is 6.42 Å². The molecule has 1 aromatic heterocycles. The third-order valence-corrected chi connectivity index (χ3v) is 4.29. The van der Waals surface area contributed by atoms with Gasteiger partial charge in [-0.3, -0.25) is 0 Å². The molecule has 3 rings (SSSR count). The van der Waals surface area contributed by atoms with E-state index in [1.54, 1.807) is 6.07 Å². The zero-order valence-electron chi connectivity index (χ0n) is 15.3. The Hall–Kier alpha value is -3.59. The highest BCUT2D eigenvalue weighted by Crippen LogP contribution is 2.29. The molecule has 0 aliphatic carbocycles. The lowest BCUT2D eigenvalue weighted by molar-refractivity contribution is 0.172. The van der Waals surface area contributed by atoms with Crippen molar-refractivity contribution in [3.8, 4) is 11.8 Å². The predicted octanol–water partition coefficient (Wildman–Crippen LogP) is 3.62. The fraction of sp³-hybridized carbons (Fsp3) is 0.190. The van der Waals surface area contributed by atoms with E-state index in [1.165, 1.54) is 25.1 Å². The van der Waals surface area contributed by atoms with Crippen LogP contribution in [0.1, 0.15) is 22.3 Å². The number of aryl methyl sites for hydroxylation is 1. The van der Waals surface area contributed by atoms with E-state index in [1.807, 2.05) is 43.3 Å². The Balaban J connectivity index is 2.12. The zero-order chi connectivity index (χ0) is 19.6. The molecule has 6 nitrogen and oxygen atoms in total. The van der Waals surface area contributed by atoms with Crippen LogP contribution in [0.25, 0.3) is 11.0 Å².